The van der Waals surface area contributed by atoms with Gasteiger partial charge in [-0.3, -0.25) is 9.59 Å². The van der Waals surface area contributed by atoms with Crippen LogP contribution in [0.5, 0.6) is 0 Å². The van der Waals surface area contributed by atoms with Crippen molar-refractivity contribution in [2.75, 3.05) is 10.6 Å². The van der Waals surface area contributed by atoms with Crippen molar-refractivity contribution >= 4 is 34.8 Å². The number of halogens is 1. The van der Waals surface area contributed by atoms with Gasteiger partial charge >= 0.3 is 0 Å². The summed E-state index contributed by atoms with van der Waals surface area (Å²) in [5.74, 6) is -0.723. The maximum atomic E-state index is 12.6. The molecule has 0 atom stereocenters. The van der Waals surface area contributed by atoms with E-state index in [9.17, 15) is 9.59 Å². The number of nitrogens with zero attached hydrogens (tertiary/aromatic N) is 1. The molecule has 2 N–H and O–H groups in total. The second-order valence-electron chi connectivity index (χ2n) is 5.65. The van der Waals surface area contributed by atoms with Crippen molar-refractivity contribution in [3.63, 3.8) is 0 Å². The molecule has 0 aliphatic heterocycles. The average Bonchev–Trinajstić information content (AvgIpc) is 2.70. The van der Waals surface area contributed by atoms with Crippen LogP contribution >= 0.6 is 11.6 Å². The lowest BCUT2D eigenvalue weighted by atomic mass is 10.1. The number of carbonyl (C=O) groups is 2. The lowest BCUT2D eigenvalue weighted by Gasteiger charge is -2.11. The van der Waals surface area contributed by atoms with E-state index in [4.69, 9.17) is 16.9 Å². The molecule has 0 heterocycles. The second kappa shape index (κ2) is 8.17. The highest BCUT2D eigenvalue weighted by atomic mass is 35.5. The predicted molar refractivity (Wildman–Crippen MR) is 105 cm³/mol. The molecule has 0 unspecified atom stereocenters. The van der Waals surface area contributed by atoms with E-state index in [0.717, 1.165) is 0 Å². The smallest absolute Gasteiger partial charge is 0.257 e. The average molecular weight is 376 g/mol. The molecular formula is C21H14ClN3O2. The Morgan fingerprint density at radius 2 is 1.48 bits per heavy atom. The van der Waals surface area contributed by atoms with Gasteiger partial charge in [0.2, 0.25) is 0 Å². The van der Waals surface area contributed by atoms with Crippen LogP contribution in [0, 0.1) is 11.3 Å². The maximum absolute atomic E-state index is 12.6. The van der Waals surface area contributed by atoms with Crippen LogP contribution in [-0.4, -0.2) is 11.8 Å². The maximum Gasteiger partial charge on any atom is 0.257 e. The van der Waals surface area contributed by atoms with Crippen LogP contribution in [0.3, 0.4) is 0 Å². The van der Waals surface area contributed by atoms with E-state index in [0.29, 0.717) is 33.1 Å². The lowest BCUT2D eigenvalue weighted by molar-refractivity contribution is 0.102. The first-order valence-electron chi connectivity index (χ1n) is 8.04. The normalized spacial score (nSPS) is 9.93. The zero-order valence-corrected chi connectivity index (χ0v) is 14.8. The van der Waals surface area contributed by atoms with Gasteiger partial charge in [-0.1, -0.05) is 23.7 Å². The van der Waals surface area contributed by atoms with Crippen LogP contribution in [0.25, 0.3) is 0 Å². The van der Waals surface area contributed by atoms with Gasteiger partial charge in [-0.15, -0.1) is 0 Å². The van der Waals surface area contributed by atoms with E-state index in [2.05, 4.69) is 10.6 Å². The minimum atomic E-state index is -0.369. The summed E-state index contributed by atoms with van der Waals surface area (Å²) in [4.78, 5) is 25.0. The summed E-state index contributed by atoms with van der Waals surface area (Å²) in [7, 11) is 0. The van der Waals surface area contributed by atoms with Crippen LogP contribution in [0.2, 0.25) is 5.02 Å². The second-order valence-corrected chi connectivity index (χ2v) is 6.09. The first-order chi connectivity index (χ1) is 13.1. The van der Waals surface area contributed by atoms with Crippen LogP contribution in [0.4, 0.5) is 11.4 Å². The van der Waals surface area contributed by atoms with Crippen LogP contribution in [0.15, 0.2) is 72.8 Å². The first-order valence-corrected chi connectivity index (χ1v) is 8.42. The summed E-state index contributed by atoms with van der Waals surface area (Å²) < 4.78 is 0. The molecular weight excluding hydrogens is 362 g/mol. The molecule has 27 heavy (non-hydrogen) atoms. The molecule has 0 saturated heterocycles. The Bertz CT molecular complexity index is 1020. The number of benzene rings is 3. The largest absolute Gasteiger partial charge is 0.322 e. The summed E-state index contributed by atoms with van der Waals surface area (Å²) in [5, 5.41) is 14.9. The topological polar surface area (TPSA) is 82.0 Å². The summed E-state index contributed by atoms with van der Waals surface area (Å²) in [6, 6.07) is 21.7. The monoisotopic (exact) mass is 375 g/mol. The Balaban J connectivity index is 1.78. The quantitative estimate of drug-likeness (QED) is 0.692. The van der Waals surface area contributed by atoms with Crippen molar-refractivity contribution in [1.29, 1.82) is 5.26 Å². The SMILES string of the molecule is N#Cc1ccc(C(=O)Nc2ccccc2C(=O)Nc2ccc(Cl)cc2)cc1. The molecule has 0 radical (unpaired) electrons. The molecule has 5 nitrogen and oxygen atoms in total. The van der Waals surface area contributed by atoms with Crippen molar-refractivity contribution in [3.05, 3.63) is 94.5 Å². The molecule has 3 aromatic rings. The molecule has 0 aromatic heterocycles. The van der Waals surface area contributed by atoms with Crippen molar-refractivity contribution in [2.24, 2.45) is 0 Å². The molecule has 0 aliphatic rings. The summed E-state index contributed by atoms with van der Waals surface area (Å²) in [6.45, 7) is 0. The van der Waals surface area contributed by atoms with E-state index < -0.39 is 0 Å². The molecule has 3 rings (SSSR count). The lowest BCUT2D eigenvalue weighted by Crippen LogP contribution is -2.18. The Hall–Kier alpha value is -3.62. The standard InChI is InChI=1S/C21H14ClN3O2/c22-16-9-11-17(12-10-16)24-21(27)18-3-1-2-4-19(18)25-20(26)15-7-5-14(13-23)6-8-15/h1-12H,(H,24,27)(H,25,26). The number of para-hydroxylation sites is 1. The van der Waals surface area contributed by atoms with Gasteiger partial charge in [0.15, 0.2) is 0 Å². The molecule has 132 valence electrons. The fraction of sp³-hybridized carbons (Fsp3) is 0. The minimum absolute atomic E-state index is 0.328. The predicted octanol–water partition coefficient (Wildman–Crippen LogP) is 4.72. The number of nitrogens with one attached hydrogen (secondary N) is 2. The third-order valence-electron chi connectivity index (χ3n) is 3.80. The van der Waals surface area contributed by atoms with E-state index >= 15 is 0 Å². The van der Waals surface area contributed by atoms with E-state index in [1.54, 1.807) is 72.8 Å². The number of carbonyl (C=O) groups excluding carboxylic acids is 2. The Kier molecular flexibility index (Phi) is 5.50. The number of anilines is 2. The van der Waals surface area contributed by atoms with Gasteiger partial charge < -0.3 is 10.6 Å². The van der Waals surface area contributed by atoms with E-state index in [1.165, 1.54) is 0 Å². The number of hydrogen-bond acceptors (Lipinski definition) is 3. The number of amides is 2. The van der Waals surface area contributed by atoms with Gasteiger partial charge in [-0.25, -0.2) is 0 Å². The van der Waals surface area contributed by atoms with E-state index in [1.807, 2.05) is 6.07 Å². The Morgan fingerprint density at radius 1 is 0.815 bits per heavy atom. The minimum Gasteiger partial charge on any atom is -0.322 e. The highest BCUT2D eigenvalue weighted by Crippen LogP contribution is 2.19. The number of rotatable bonds is 4. The number of nitriles is 1. The fourth-order valence-electron chi connectivity index (χ4n) is 2.41. The zero-order chi connectivity index (χ0) is 19.2. The molecule has 2 amide bonds. The summed E-state index contributed by atoms with van der Waals surface area (Å²) in [6.07, 6.45) is 0. The van der Waals surface area contributed by atoms with Gasteiger partial charge in [0.05, 0.1) is 22.9 Å². The Labute approximate surface area is 161 Å². The highest BCUT2D eigenvalue weighted by molar-refractivity contribution is 6.30. The fourth-order valence-corrected chi connectivity index (χ4v) is 2.54. The van der Waals surface area contributed by atoms with Crippen molar-refractivity contribution in [3.8, 4) is 6.07 Å². The van der Waals surface area contributed by atoms with Gasteiger partial charge in [-0.05, 0) is 60.7 Å². The molecule has 6 heteroatoms. The molecule has 0 fully saturated rings. The molecule has 0 aliphatic carbocycles. The van der Waals surface area contributed by atoms with Crippen LogP contribution < -0.4 is 10.6 Å². The highest BCUT2D eigenvalue weighted by Gasteiger charge is 2.14. The van der Waals surface area contributed by atoms with Gasteiger partial charge in [0, 0.05) is 16.3 Å². The van der Waals surface area contributed by atoms with Crippen molar-refractivity contribution in [2.45, 2.75) is 0 Å². The molecule has 0 saturated carbocycles. The van der Waals surface area contributed by atoms with Crippen LogP contribution in [0.1, 0.15) is 26.3 Å². The first kappa shape index (κ1) is 18.2. The number of hydrogen-bond donors (Lipinski definition) is 2. The third-order valence-corrected chi connectivity index (χ3v) is 4.05. The Morgan fingerprint density at radius 3 is 2.15 bits per heavy atom. The molecule has 0 bridgehead atoms. The van der Waals surface area contributed by atoms with Gasteiger partial charge in [0.1, 0.15) is 0 Å². The van der Waals surface area contributed by atoms with Gasteiger partial charge in [-0.2, -0.15) is 5.26 Å². The summed E-state index contributed by atoms with van der Waals surface area (Å²) in [5.41, 5.74) is 2.17. The van der Waals surface area contributed by atoms with E-state index in [-0.39, 0.29) is 11.8 Å². The molecule has 3 aromatic carbocycles. The van der Waals surface area contributed by atoms with Crippen LogP contribution in [-0.2, 0) is 0 Å². The van der Waals surface area contributed by atoms with Crippen molar-refractivity contribution in [1.82, 2.24) is 0 Å². The van der Waals surface area contributed by atoms with Crippen molar-refractivity contribution < 1.29 is 9.59 Å². The third kappa shape index (κ3) is 4.51. The zero-order valence-electron chi connectivity index (χ0n) is 14.1. The van der Waals surface area contributed by atoms with Gasteiger partial charge in [0.25, 0.3) is 11.8 Å². The molecule has 0 spiro atoms. The summed E-state index contributed by atoms with van der Waals surface area (Å²) >= 11 is 5.85.